The van der Waals surface area contributed by atoms with Crippen molar-refractivity contribution in [1.29, 1.82) is 0 Å². The number of aromatic nitrogens is 1. The molecule has 1 amide bonds. The van der Waals surface area contributed by atoms with Gasteiger partial charge in [-0.15, -0.1) is 0 Å². The number of aliphatic carboxylic acids is 1. The summed E-state index contributed by atoms with van der Waals surface area (Å²) in [5.74, 6) is -0.0123. The molecule has 1 heterocycles. The van der Waals surface area contributed by atoms with Gasteiger partial charge in [0.2, 0.25) is 5.91 Å². The maximum atomic E-state index is 11.9. The van der Waals surface area contributed by atoms with Gasteiger partial charge < -0.3 is 14.8 Å². The van der Waals surface area contributed by atoms with E-state index in [1.54, 1.807) is 6.20 Å². The van der Waals surface area contributed by atoms with Crippen LogP contribution in [0.4, 0.5) is 0 Å². The Morgan fingerprint density at radius 1 is 1.41 bits per heavy atom. The molecular weight excluding hydrogens is 284 g/mol. The van der Waals surface area contributed by atoms with E-state index >= 15 is 0 Å². The fraction of sp³-hybridized carbons (Fsp3) is 0.688. The normalized spacial score (nSPS) is 12.9. The van der Waals surface area contributed by atoms with E-state index in [0.29, 0.717) is 18.7 Å². The number of hydrogen-bond acceptors (Lipinski definition) is 4. The number of aryl methyl sites for hydroxylation is 1. The number of carbonyl (C=O) groups excluding carboxylic acids is 1. The minimum absolute atomic E-state index is 0.123. The summed E-state index contributed by atoms with van der Waals surface area (Å²) >= 11 is 0. The van der Waals surface area contributed by atoms with Crippen LogP contribution in [0.5, 0.6) is 0 Å². The highest BCUT2D eigenvalue weighted by Crippen LogP contribution is 2.22. The monoisotopic (exact) mass is 310 g/mol. The molecule has 0 aliphatic heterocycles. The highest BCUT2D eigenvalue weighted by atomic mass is 16.4. The summed E-state index contributed by atoms with van der Waals surface area (Å²) in [5, 5.41) is 11.6. The molecule has 2 N–H and O–H groups in total. The molecular formula is C16H26N2O4. The standard InChI is InChI=1S/C16H26N2O4/c1-5-6-7-11(15(20)21)18-13(19)8-9-14-17-10-12(22-14)16(2,3)4/h10-11H,5-9H2,1-4H3,(H,18,19)(H,20,21)/t11-/m0/s1. The first-order chi connectivity index (χ1) is 10.2. The van der Waals surface area contributed by atoms with Crippen LogP contribution in [0.25, 0.3) is 0 Å². The molecule has 6 heteroatoms. The second-order valence-electron chi connectivity index (χ2n) is 6.47. The van der Waals surface area contributed by atoms with Gasteiger partial charge in [-0.1, -0.05) is 40.5 Å². The fourth-order valence-corrected chi connectivity index (χ4v) is 1.93. The molecule has 6 nitrogen and oxygen atoms in total. The zero-order valence-electron chi connectivity index (χ0n) is 13.8. The predicted molar refractivity (Wildman–Crippen MR) is 82.6 cm³/mol. The third kappa shape index (κ3) is 5.87. The number of oxazole rings is 1. The highest BCUT2D eigenvalue weighted by Gasteiger charge is 2.21. The predicted octanol–water partition coefficient (Wildman–Crippen LogP) is 2.66. The van der Waals surface area contributed by atoms with Crippen LogP contribution in [0.3, 0.4) is 0 Å². The van der Waals surface area contributed by atoms with Gasteiger partial charge in [-0.05, 0) is 6.42 Å². The average molecular weight is 310 g/mol. The minimum Gasteiger partial charge on any atom is -0.480 e. The SMILES string of the molecule is CCCC[C@H](NC(=O)CCc1ncc(C(C)(C)C)o1)C(=O)O. The topological polar surface area (TPSA) is 92.4 Å². The van der Waals surface area contributed by atoms with Gasteiger partial charge in [0.25, 0.3) is 0 Å². The van der Waals surface area contributed by atoms with E-state index in [1.807, 2.05) is 27.7 Å². The van der Waals surface area contributed by atoms with E-state index in [9.17, 15) is 9.59 Å². The molecule has 0 saturated carbocycles. The number of amides is 1. The zero-order chi connectivity index (χ0) is 16.8. The summed E-state index contributed by atoms with van der Waals surface area (Å²) in [4.78, 5) is 27.1. The van der Waals surface area contributed by atoms with Crippen molar-refractivity contribution in [2.24, 2.45) is 0 Å². The van der Waals surface area contributed by atoms with Crippen LogP contribution in [0.15, 0.2) is 10.6 Å². The van der Waals surface area contributed by atoms with Gasteiger partial charge in [-0.25, -0.2) is 9.78 Å². The Kier molecular flexibility index (Phi) is 6.59. The summed E-state index contributed by atoms with van der Waals surface area (Å²) in [5.41, 5.74) is -0.123. The third-order valence-corrected chi connectivity index (χ3v) is 3.34. The van der Waals surface area contributed by atoms with Gasteiger partial charge in [0.1, 0.15) is 11.8 Å². The molecule has 0 bridgehead atoms. The first kappa shape index (κ1) is 18.2. The average Bonchev–Trinajstić information content (AvgIpc) is 2.89. The number of unbranched alkanes of at least 4 members (excludes halogenated alkanes) is 1. The van der Waals surface area contributed by atoms with Crippen LogP contribution in [-0.4, -0.2) is 28.0 Å². The van der Waals surface area contributed by atoms with Crippen LogP contribution < -0.4 is 5.32 Å². The van der Waals surface area contributed by atoms with E-state index in [0.717, 1.165) is 18.6 Å². The summed E-state index contributed by atoms with van der Waals surface area (Å²) in [7, 11) is 0. The van der Waals surface area contributed by atoms with E-state index in [2.05, 4.69) is 10.3 Å². The number of carbonyl (C=O) groups is 2. The number of carboxylic acid groups (broad SMARTS) is 1. The lowest BCUT2D eigenvalue weighted by Gasteiger charge is -2.14. The van der Waals surface area contributed by atoms with Crippen LogP contribution in [-0.2, 0) is 21.4 Å². The number of nitrogens with zero attached hydrogens (tertiary/aromatic N) is 1. The van der Waals surface area contributed by atoms with Crippen molar-refractivity contribution < 1.29 is 19.1 Å². The van der Waals surface area contributed by atoms with Gasteiger partial charge in [0, 0.05) is 18.3 Å². The van der Waals surface area contributed by atoms with Gasteiger partial charge in [0.15, 0.2) is 5.89 Å². The van der Waals surface area contributed by atoms with Crippen LogP contribution >= 0.6 is 0 Å². The van der Waals surface area contributed by atoms with Gasteiger partial charge in [-0.3, -0.25) is 4.79 Å². The van der Waals surface area contributed by atoms with Crippen molar-refractivity contribution in [3.8, 4) is 0 Å². The molecule has 0 spiro atoms. The van der Waals surface area contributed by atoms with Crippen molar-refractivity contribution in [3.05, 3.63) is 17.8 Å². The largest absolute Gasteiger partial charge is 0.480 e. The Morgan fingerprint density at radius 3 is 2.59 bits per heavy atom. The van der Waals surface area contributed by atoms with Gasteiger partial charge in [-0.2, -0.15) is 0 Å². The maximum absolute atomic E-state index is 11.9. The van der Waals surface area contributed by atoms with Crippen LogP contribution in [0, 0.1) is 0 Å². The molecule has 0 unspecified atom stereocenters. The minimum atomic E-state index is -0.993. The Morgan fingerprint density at radius 2 is 2.09 bits per heavy atom. The quantitative estimate of drug-likeness (QED) is 0.770. The van der Waals surface area contributed by atoms with Crippen molar-refractivity contribution >= 4 is 11.9 Å². The third-order valence-electron chi connectivity index (χ3n) is 3.34. The fourth-order valence-electron chi connectivity index (χ4n) is 1.93. The van der Waals surface area contributed by atoms with E-state index in [1.165, 1.54) is 0 Å². The highest BCUT2D eigenvalue weighted by molar-refractivity contribution is 5.83. The molecule has 0 saturated heterocycles. The molecule has 1 aromatic heterocycles. The van der Waals surface area contributed by atoms with Crippen molar-refractivity contribution in [2.45, 2.75) is 71.3 Å². The van der Waals surface area contributed by atoms with Crippen LogP contribution in [0.2, 0.25) is 0 Å². The molecule has 0 radical (unpaired) electrons. The Bertz CT molecular complexity index is 502. The Hall–Kier alpha value is -1.85. The number of nitrogens with one attached hydrogen (secondary N) is 1. The number of rotatable bonds is 8. The van der Waals surface area contributed by atoms with E-state index in [-0.39, 0.29) is 17.7 Å². The second kappa shape index (κ2) is 7.96. The molecule has 0 aromatic carbocycles. The smallest absolute Gasteiger partial charge is 0.326 e. The summed E-state index contributed by atoms with van der Waals surface area (Å²) in [6.45, 7) is 8.05. The lowest BCUT2D eigenvalue weighted by atomic mass is 9.94. The summed E-state index contributed by atoms with van der Waals surface area (Å²) in [6, 6.07) is -0.817. The first-order valence-electron chi connectivity index (χ1n) is 7.71. The Labute approximate surface area is 131 Å². The van der Waals surface area contributed by atoms with Crippen molar-refractivity contribution in [2.75, 3.05) is 0 Å². The molecule has 1 rings (SSSR count). The number of carboxylic acids is 1. The molecule has 0 fully saturated rings. The van der Waals surface area contributed by atoms with Gasteiger partial charge >= 0.3 is 5.97 Å². The molecule has 22 heavy (non-hydrogen) atoms. The molecule has 0 aliphatic carbocycles. The lowest BCUT2D eigenvalue weighted by molar-refractivity contribution is -0.142. The zero-order valence-corrected chi connectivity index (χ0v) is 13.8. The first-order valence-corrected chi connectivity index (χ1v) is 7.71. The van der Waals surface area contributed by atoms with Gasteiger partial charge in [0.05, 0.1) is 6.20 Å². The van der Waals surface area contributed by atoms with E-state index < -0.39 is 12.0 Å². The Balaban J connectivity index is 2.48. The molecule has 1 aromatic rings. The molecule has 0 aliphatic rings. The second-order valence-corrected chi connectivity index (χ2v) is 6.47. The lowest BCUT2D eigenvalue weighted by Crippen LogP contribution is -2.40. The van der Waals surface area contributed by atoms with E-state index in [4.69, 9.17) is 9.52 Å². The van der Waals surface area contributed by atoms with Crippen molar-refractivity contribution in [3.63, 3.8) is 0 Å². The molecule has 1 atom stereocenters. The molecule has 124 valence electrons. The summed E-state index contributed by atoms with van der Waals surface area (Å²) < 4.78 is 5.61. The van der Waals surface area contributed by atoms with Crippen molar-refractivity contribution in [1.82, 2.24) is 10.3 Å². The maximum Gasteiger partial charge on any atom is 0.326 e. The summed E-state index contributed by atoms with van der Waals surface area (Å²) in [6.07, 6.45) is 4.32. The van der Waals surface area contributed by atoms with Crippen LogP contribution in [0.1, 0.15) is 65.0 Å². The number of hydrogen-bond donors (Lipinski definition) is 2.